The van der Waals surface area contributed by atoms with Crippen molar-refractivity contribution in [3.8, 4) is 0 Å². The van der Waals surface area contributed by atoms with Crippen LogP contribution < -0.4 is 5.32 Å². The zero-order valence-corrected chi connectivity index (χ0v) is 17.1. The van der Waals surface area contributed by atoms with Crippen molar-refractivity contribution in [2.45, 2.75) is 18.2 Å². The van der Waals surface area contributed by atoms with Gasteiger partial charge in [0.25, 0.3) is 15.9 Å². The summed E-state index contributed by atoms with van der Waals surface area (Å²) < 4.78 is 28.7. The lowest BCUT2D eigenvalue weighted by atomic mass is 10.2. The van der Waals surface area contributed by atoms with Gasteiger partial charge in [0, 0.05) is 36.1 Å². The molecule has 0 spiro atoms. The lowest BCUT2D eigenvalue weighted by molar-refractivity contribution is -0.113. The number of carbonyl (C=O) groups excluding carboxylic acids is 1. The topological polar surface area (TPSA) is 105 Å². The summed E-state index contributed by atoms with van der Waals surface area (Å²) in [6, 6.07) is 6.96. The Morgan fingerprint density at radius 3 is 2.68 bits per heavy atom. The second-order valence-electron chi connectivity index (χ2n) is 6.36. The summed E-state index contributed by atoms with van der Waals surface area (Å²) in [6.45, 7) is 1.97. The van der Waals surface area contributed by atoms with Crippen LogP contribution in [0.1, 0.15) is 17.5 Å². The number of fused-ring (bicyclic) bond motifs is 3. The van der Waals surface area contributed by atoms with Crippen LogP contribution in [-0.2, 0) is 28.3 Å². The van der Waals surface area contributed by atoms with E-state index >= 15 is 0 Å². The zero-order valence-electron chi connectivity index (χ0n) is 15.4. The summed E-state index contributed by atoms with van der Waals surface area (Å²) in [5.74, 6) is -1.13. The summed E-state index contributed by atoms with van der Waals surface area (Å²) >= 11 is 1.30. The molecular formula is C18H18N4O4S2. The normalized spacial score (nSPS) is 15.8. The molecule has 1 aliphatic rings. The quantitative estimate of drug-likeness (QED) is 0.681. The van der Waals surface area contributed by atoms with Gasteiger partial charge in [-0.25, -0.2) is 13.4 Å². The molecule has 28 heavy (non-hydrogen) atoms. The third-order valence-corrected chi connectivity index (χ3v) is 7.67. The van der Waals surface area contributed by atoms with Crippen molar-refractivity contribution < 1.29 is 18.3 Å². The predicted octanol–water partition coefficient (Wildman–Crippen LogP) is 2.70. The highest BCUT2D eigenvalue weighted by molar-refractivity contribution is 7.89. The number of hydrogen-bond donors (Lipinski definition) is 2. The number of hydrogen-bond acceptors (Lipinski definition) is 6. The minimum Gasteiger partial charge on any atom is -0.504 e. The first kappa shape index (κ1) is 18.5. The van der Waals surface area contributed by atoms with Gasteiger partial charge >= 0.3 is 0 Å². The Bertz CT molecular complexity index is 1250. The van der Waals surface area contributed by atoms with E-state index in [0.29, 0.717) is 16.0 Å². The van der Waals surface area contributed by atoms with E-state index in [1.807, 2.05) is 6.92 Å². The third kappa shape index (κ3) is 2.52. The molecule has 0 fully saturated rings. The number of amides is 1. The van der Waals surface area contributed by atoms with Crippen LogP contribution in [0.5, 0.6) is 0 Å². The molecule has 0 bridgehead atoms. The minimum atomic E-state index is -4.03. The van der Waals surface area contributed by atoms with Crippen LogP contribution in [-0.4, -0.2) is 40.3 Å². The standard InChI is InChI=1S/C18H18N4O4S2/c1-4-10-9-19-18(27-10)20-17(24)14-15(23)13-16(28(25,26)22(14)3)11-7-5-6-8-12(11)21(13)2/h5-9,23H,4H2,1-3H3,(H,19,20,24). The van der Waals surface area contributed by atoms with Crippen LogP contribution >= 0.6 is 11.3 Å². The highest BCUT2D eigenvalue weighted by Gasteiger charge is 2.41. The zero-order chi connectivity index (χ0) is 20.2. The largest absolute Gasteiger partial charge is 0.504 e. The number of thiazole rings is 1. The number of aryl methyl sites for hydroxylation is 2. The molecule has 0 saturated heterocycles. The van der Waals surface area contributed by atoms with Gasteiger partial charge < -0.3 is 9.67 Å². The lowest BCUT2D eigenvalue weighted by Gasteiger charge is -2.27. The Morgan fingerprint density at radius 2 is 2.00 bits per heavy atom. The number of carbonyl (C=O) groups is 1. The minimum absolute atomic E-state index is 0.00957. The molecule has 1 aromatic carbocycles. The van der Waals surface area contributed by atoms with Gasteiger partial charge in [0.1, 0.15) is 10.6 Å². The maximum Gasteiger partial charge on any atom is 0.278 e. The molecular weight excluding hydrogens is 400 g/mol. The van der Waals surface area contributed by atoms with E-state index < -0.39 is 21.7 Å². The van der Waals surface area contributed by atoms with E-state index in [0.717, 1.165) is 15.6 Å². The molecule has 0 atom stereocenters. The number of aliphatic hydroxyl groups excluding tert-OH is 1. The highest BCUT2D eigenvalue weighted by Crippen LogP contribution is 2.40. The fourth-order valence-corrected chi connectivity index (χ4v) is 5.70. The summed E-state index contributed by atoms with van der Waals surface area (Å²) in [5.41, 5.74) is 0.398. The predicted molar refractivity (Wildman–Crippen MR) is 108 cm³/mol. The van der Waals surface area contributed by atoms with Gasteiger partial charge in [-0.2, -0.15) is 0 Å². The number of anilines is 1. The molecule has 8 nitrogen and oxygen atoms in total. The fourth-order valence-electron chi connectivity index (χ4n) is 3.34. The molecule has 1 amide bonds. The Kier molecular flexibility index (Phi) is 4.20. The molecule has 146 valence electrons. The number of nitrogens with zero attached hydrogens (tertiary/aromatic N) is 3. The molecule has 10 heteroatoms. The van der Waals surface area contributed by atoms with E-state index in [1.54, 1.807) is 42.1 Å². The molecule has 4 rings (SSSR count). The molecule has 2 N–H and O–H groups in total. The number of aromatic nitrogens is 2. The summed E-state index contributed by atoms with van der Waals surface area (Å²) in [5, 5.41) is 14.3. The average Bonchev–Trinajstić information content (AvgIpc) is 3.23. The number of rotatable bonds is 3. The van der Waals surface area contributed by atoms with Crippen molar-refractivity contribution >= 4 is 49.1 Å². The van der Waals surface area contributed by atoms with Gasteiger partial charge in [0.05, 0.1) is 0 Å². The van der Waals surface area contributed by atoms with Crippen molar-refractivity contribution in [2.75, 3.05) is 12.4 Å². The summed E-state index contributed by atoms with van der Waals surface area (Å²) in [6.07, 6.45) is 2.42. The molecule has 2 aromatic heterocycles. The first-order chi connectivity index (χ1) is 13.3. The van der Waals surface area contributed by atoms with Gasteiger partial charge in [0.15, 0.2) is 16.6 Å². The van der Waals surface area contributed by atoms with E-state index in [2.05, 4.69) is 10.3 Å². The lowest BCUT2D eigenvalue weighted by Crippen LogP contribution is -2.37. The number of sulfonamides is 1. The fraction of sp³-hybridized carbons (Fsp3) is 0.222. The van der Waals surface area contributed by atoms with Gasteiger partial charge in [-0.1, -0.05) is 25.1 Å². The van der Waals surface area contributed by atoms with Crippen molar-refractivity contribution in [3.63, 3.8) is 0 Å². The van der Waals surface area contributed by atoms with Crippen LogP contribution in [0.4, 0.5) is 5.13 Å². The molecule has 0 radical (unpaired) electrons. The summed E-state index contributed by atoms with van der Waals surface area (Å²) in [7, 11) is -1.12. The summed E-state index contributed by atoms with van der Waals surface area (Å²) in [4.78, 5) is 17.9. The molecule has 1 aliphatic heterocycles. The van der Waals surface area contributed by atoms with Gasteiger partial charge in [-0.05, 0) is 12.5 Å². The van der Waals surface area contributed by atoms with Gasteiger partial charge in [-0.3, -0.25) is 14.4 Å². The third-order valence-electron chi connectivity index (χ3n) is 4.78. The maximum absolute atomic E-state index is 13.2. The smallest absolute Gasteiger partial charge is 0.278 e. The highest BCUT2D eigenvalue weighted by atomic mass is 32.2. The van der Waals surface area contributed by atoms with Crippen LogP contribution in [0, 0.1) is 0 Å². The van der Waals surface area contributed by atoms with E-state index in [1.165, 1.54) is 18.4 Å². The second-order valence-corrected chi connectivity index (χ2v) is 9.38. The monoisotopic (exact) mass is 418 g/mol. The van der Waals surface area contributed by atoms with Gasteiger partial charge in [0.2, 0.25) is 0 Å². The van der Waals surface area contributed by atoms with Crippen LogP contribution in [0.15, 0.2) is 41.1 Å². The van der Waals surface area contributed by atoms with E-state index in [9.17, 15) is 18.3 Å². The SMILES string of the molecule is CCc1cnc(NC(=O)C2=C(O)c3c(c4ccccc4n3C)S(=O)(=O)N2C)s1. The van der Waals surface area contributed by atoms with Crippen molar-refractivity contribution in [2.24, 2.45) is 7.05 Å². The number of para-hydroxylation sites is 1. The number of aliphatic hydroxyl groups is 1. The Labute approximate surface area is 165 Å². The van der Waals surface area contributed by atoms with Crippen LogP contribution in [0.2, 0.25) is 0 Å². The van der Waals surface area contributed by atoms with E-state index in [-0.39, 0.29) is 16.3 Å². The molecule has 3 aromatic rings. The van der Waals surface area contributed by atoms with Crippen molar-refractivity contribution in [3.05, 3.63) is 46.7 Å². The number of nitrogens with one attached hydrogen (secondary N) is 1. The molecule has 0 saturated carbocycles. The van der Waals surface area contributed by atoms with Gasteiger partial charge in [-0.15, -0.1) is 11.3 Å². The number of likely N-dealkylation sites (N-methyl/N-ethyl adjacent to an activating group) is 1. The van der Waals surface area contributed by atoms with Crippen LogP contribution in [0.3, 0.4) is 0 Å². The molecule has 3 heterocycles. The molecule has 0 unspecified atom stereocenters. The van der Waals surface area contributed by atoms with Crippen molar-refractivity contribution in [1.29, 1.82) is 0 Å². The second kappa shape index (κ2) is 6.35. The average molecular weight is 419 g/mol. The Balaban J connectivity index is 1.89. The first-order valence-corrected chi connectivity index (χ1v) is 10.8. The number of benzene rings is 1. The van der Waals surface area contributed by atoms with Crippen molar-refractivity contribution in [1.82, 2.24) is 13.9 Å². The molecule has 0 aliphatic carbocycles. The van der Waals surface area contributed by atoms with Crippen LogP contribution in [0.25, 0.3) is 16.7 Å². The maximum atomic E-state index is 13.2. The Morgan fingerprint density at radius 1 is 1.29 bits per heavy atom. The first-order valence-electron chi connectivity index (χ1n) is 8.53. The Hall–Kier alpha value is -2.85. The van der Waals surface area contributed by atoms with E-state index in [4.69, 9.17) is 0 Å².